The zero-order chi connectivity index (χ0) is 12.1. The Balaban J connectivity index is -0.000000175. The molecule has 0 aliphatic rings. The van der Waals surface area contributed by atoms with Gasteiger partial charge in [-0.2, -0.15) is 6.07 Å². The Bertz CT molecular complexity index is 249. The third kappa shape index (κ3) is 15.5. The summed E-state index contributed by atoms with van der Waals surface area (Å²) >= 11 is 0. The average molecular weight is 391 g/mol. The number of aromatic nitrogens is 1. The number of hydrogen-bond donors (Lipinski definition) is 1. The van der Waals surface area contributed by atoms with Crippen molar-refractivity contribution in [3.8, 4) is 0 Å². The zero-order valence-electron chi connectivity index (χ0n) is 9.40. The van der Waals surface area contributed by atoms with Gasteiger partial charge in [0, 0.05) is 28.1 Å². The van der Waals surface area contributed by atoms with Crippen LogP contribution in [0.15, 0.2) is 18.3 Å². The Hall–Kier alpha value is -1.02. The van der Waals surface area contributed by atoms with E-state index in [0.29, 0.717) is 6.42 Å². The number of carbonyl (C=O) groups is 1. The van der Waals surface area contributed by atoms with Gasteiger partial charge >= 0.3 is 0 Å². The summed E-state index contributed by atoms with van der Waals surface area (Å²) in [7, 11) is 1.59. The molecule has 1 heterocycles. The van der Waals surface area contributed by atoms with Gasteiger partial charge in [0.25, 0.3) is 0 Å². The third-order valence-electron chi connectivity index (χ3n) is 1.27. The Morgan fingerprint density at radius 3 is 2.31 bits per heavy atom. The third-order valence-corrected chi connectivity index (χ3v) is 1.27. The first kappa shape index (κ1) is 20.4. The number of amides is 1. The second kappa shape index (κ2) is 16.4. The number of pyridine rings is 1. The number of aryl methyl sites for hydroxylation is 1. The molecule has 0 aromatic carbocycles. The summed E-state index contributed by atoms with van der Waals surface area (Å²) in [5.74, 6) is -0.0185. The molecular weight excluding hydrogens is 376 g/mol. The first-order chi connectivity index (χ1) is 7.20. The molecule has 0 radical (unpaired) electrons. The molecule has 1 rings (SSSR count). The van der Waals surface area contributed by atoms with Gasteiger partial charge in [-0.1, -0.05) is 6.20 Å². The number of carbonyl (C=O) groups excluding carboxylic acids is 2. The molecule has 4 nitrogen and oxygen atoms in total. The monoisotopic (exact) mass is 391 g/mol. The van der Waals surface area contributed by atoms with E-state index < -0.39 is 0 Å². The van der Waals surface area contributed by atoms with E-state index in [1.165, 1.54) is 0 Å². The van der Waals surface area contributed by atoms with E-state index in [-0.39, 0.29) is 27.0 Å². The maximum atomic E-state index is 10.0. The first-order valence-corrected chi connectivity index (χ1v) is 4.22. The molecular formula is C11H15N2O2W-3. The fourth-order valence-corrected chi connectivity index (χ4v) is 0.519. The average Bonchev–Trinajstić information content (AvgIpc) is 2.32. The van der Waals surface area contributed by atoms with Crippen LogP contribution in [0.25, 0.3) is 0 Å². The van der Waals surface area contributed by atoms with Crippen LogP contribution in [0, 0.1) is 19.9 Å². The Morgan fingerprint density at radius 1 is 1.62 bits per heavy atom. The van der Waals surface area contributed by atoms with E-state index in [0.717, 1.165) is 5.69 Å². The Labute approximate surface area is 111 Å². The molecule has 0 saturated heterocycles. The van der Waals surface area contributed by atoms with Crippen molar-refractivity contribution in [1.82, 2.24) is 10.3 Å². The van der Waals surface area contributed by atoms with Gasteiger partial charge in [0.2, 0.25) is 0 Å². The summed E-state index contributed by atoms with van der Waals surface area (Å²) in [6.07, 6.45) is 1.99. The fourth-order valence-electron chi connectivity index (χ4n) is 0.519. The summed E-state index contributed by atoms with van der Waals surface area (Å²) in [6, 6.07) is 6.59. The van der Waals surface area contributed by atoms with Crippen LogP contribution in [-0.2, 0) is 30.7 Å². The first-order valence-electron chi connectivity index (χ1n) is 4.22. The van der Waals surface area contributed by atoms with Crippen LogP contribution in [0.1, 0.15) is 12.1 Å². The maximum Gasteiger partial charge on any atom is 0.189 e. The minimum atomic E-state index is -0.0185. The van der Waals surface area contributed by atoms with Crippen molar-refractivity contribution in [3.05, 3.63) is 37.0 Å². The van der Waals surface area contributed by atoms with Gasteiger partial charge in [0.05, 0.1) is 0 Å². The van der Waals surface area contributed by atoms with E-state index in [2.05, 4.69) is 30.1 Å². The van der Waals surface area contributed by atoms with Crippen LogP contribution >= 0.6 is 0 Å². The molecule has 16 heavy (non-hydrogen) atoms. The van der Waals surface area contributed by atoms with E-state index >= 15 is 0 Å². The fraction of sp³-hybridized carbons (Fsp3) is 0.273. The number of nitrogens with one attached hydrogen (secondary N) is 1. The standard InChI is InChI=1S/C6H6N.C4H8NO.CHO.W/c1-6-4-2-3-5-7-6;1-3-4(6)5-2;1-2;/h2,4-5H,1H3;1,3H2,2H3,(H,5,6);1H;/q3*-1;. The smallest absolute Gasteiger partial charge is 0.189 e. The largest absolute Gasteiger partial charge is 0.545 e. The molecule has 1 N–H and O–H groups in total. The summed E-state index contributed by atoms with van der Waals surface area (Å²) in [5.41, 5.74) is 1.04. The van der Waals surface area contributed by atoms with Gasteiger partial charge < -0.3 is 22.0 Å². The molecule has 1 aromatic heterocycles. The molecule has 0 fully saturated rings. The minimum Gasteiger partial charge on any atom is -0.545 e. The van der Waals surface area contributed by atoms with Crippen LogP contribution in [0.2, 0.25) is 0 Å². The van der Waals surface area contributed by atoms with Gasteiger partial charge in [0.1, 0.15) is 0 Å². The van der Waals surface area contributed by atoms with Crippen molar-refractivity contribution in [2.75, 3.05) is 7.05 Å². The molecule has 0 unspecified atom stereocenters. The zero-order valence-corrected chi connectivity index (χ0v) is 12.3. The number of rotatable bonds is 1. The summed E-state index contributed by atoms with van der Waals surface area (Å²) in [5, 5.41) is 2.41. The molecule has 0 aliphatic heterocycles. The molecule has 1 aromatic rings. The van der Waals surface area contributed by atoms with E-state index in [9.17, 15) is 4.79 Å². The van der Waals surface area contributed by atoms with Crippen LogP contribution < -0.4 is 5.32 Å². The van der Waals surface area contributed by atoms with E-state index in [1.807, 2.05) is 19.1 Å². The topological polar surface area (TPSA) is 59.1 Å². The number of nitrogens with zero attached hydrogens (tertiary/aromatic N) is 1. The minimum absolute atomic E-state index is 0. The van der Waals surface area contributed by atoms with Gasteiger partial charge in [-0.05, 0) is 12.6 Å². The summed E-state index contributed by atoms with van der Waals surface area (Å²) < 4.78 is 0. The van der Waals surface area contributed by atoms with Crippen LogP contribution in [0.4, 0.5) is 0 Å². The molecule has 0 atom stereocenters. The van der Waals surface area contributed by atoms with E-state index in [1.54, 1.807) is 13.2 Å². The predicted molar refractivity (Wildman–Crippen MR) is 58.6 cm³/mol. The van der Waals surface area contributed by atoms with E-state index in [4.69, 9.17) is 4.79 Å². The normalized spacial score (nSPS) is 6.94. The quantitative estimate of drug-likeness (QED) is 0.571. The molecule has 0 bridgehead atoms. The van der Waals surface area contributed by atoms with Gasteiger partial charge in [-0.25, -0.2) is 12.1 Å². The maximum absolute atomic E-state index is 10.0. The van der Waals surface area contributed by atoms with Crippen LogP contribution in [0.5, 0.6) is 0 Å². The molecule has 0 spiro atoms. The Kier molecular flexibility index (Phi) is 20.9. The van der Waals surface area contributed by atoms with Crippen molar-refractivity contribution in [2.24, 2.45) is 0 Å². The molecule has 1 amide bonds. The van der Waals surface area contributed by atoms with Gasteiger partial charge in [-0.15, -0.1) is 6.42 Å². The summed E-state index contributed by atoms with van der Waals surface area (Å²) in [4.78, 5) is 21.7. The van der Waals surface area contributed by atoms with Crippen LogP contribution in [0.3, 0.4) is 0 Å². The predicted octanol–water partition coefficient (Wildman–Crippen LogP) is 0.870. The summed E-state index contributed by atoms with van der Waals surface area (Å²) in [6.45, 7) is 8.55. The molecule has 0 aliphatic carbocycles. The van der Waals surface area contributed by atoms with Crippen molar-refractivity contribution in [3.63, 3.8) is 0 Å². The van der Waals surface area contributed by atoms with Crippen molar-refractivity contribution in [1.29, 1.82) is 0 Å². The number of hydrogen-bond acceptors (Lipinski definition) is 3. The van der Waals surface area contributed by atoms with Gasteiger partial charge in [0.15, 0.2) is 5.91 Å². The molecule has 0 saturated carbocycles. The second-order valence-electron chi connectivity index (χ2n) is 2.32. The van der Waals surface area contributed by atoms with Crippen molar-refractivity contribution < 1.29 is 30.7 Å². The second-order valence-corrected chi connectivity index (χ2v) is 2.32. The van der Waals surface area contributed by atoms with Crippen LogP contribution in [-0.4, -0.2) is 24.7 Å². The van der Waals surface area contributed by atoms with Gasteiger partial charge in [-0.3, -0.25) is 11.6 Å². The van der Waals surface area contributed by atoms with Crippen molar-refractivity contribution >= 4 is 12.7 Å². The molecule has 90 valence electrons. The molecule has 5 heteroatoms. The SMILES string of the molecule is Cc1cc[c-]cn1.[CH-]=O.[CH2-]CC(=O)NC.[W]. The van der Waals surface area contributed by atoms with Crippen molar-refractivity contribution in [2.45, 2.75) is 13.3 Å². The Morgan fingerprint density at radius 2 is 2.19 bits per heavy atom.